The van der Waals surface area contributed by atoms with E-state index in [9.17, 15) is 9.59 Å². The van der Waals surface area contributed by atoms with Gasteiger partial charge in [-0.3, -0.25) is 5.32 Å². The molecule has 0 atom stereocenters. The van der Waals surface area contributed by atoms with Crippen molar-refractivity contribution in [2.24, 2.45) is 0 Å². The Labute approximate surface area is 135 Å². The number of hydrogen-bond acceptors (Lipinski definition) is 4. The number of rotatable bonds is 6. The average Bonchev–Trinajstić information content (AvgIpc) is 2.49. The van der Waals surface area contributed by atoms with E-state index in [-0.39, 0.29) is 6.54 Å². The summed E-state index contributed by atoms with van der Waals surface area (Å²) in [5, 5.41) is 3.99. The van der Waals surface area contributed by atoms with Gasteiger partial charge in [0, 0.05) is 10.7 Å². The van der Waals surface area contributed by atoms with Crippen LogP contribution in [0.3, 0.4) is 0 Å². The maximum absolute atomic E-state index is 11.8. The third-order valence-corrected chi connectivity index (χ3v) is 2.89. The number of unbranched alkanes of at least 4 members (excludes halogenated alkanes) is 1. The summed E-state index contributed by atoms with van der Waals surface area (Å²) in [5.74, 6) is 0. The van der Waals surface area contributed by atoms with Crippen LogP contribution in [0.2, 0.25) is 5.02 Å². The molecule has 0 unspecified atom stereocenters. The molecular formula is C15H21ClN2O4. The molecule has 0 radical (unpaired) electrons. The van der Waals surface area contributed by atoms with Gasteiger partial charge in [-0.15, -0.1) is 5.06 Å². The fourth-order valence-corrected chi connectivity index (χ4v) is 1.65. The van der Waals surface area contributed by atoms with Crippen molar-refractivity contribution < 1.29 is 19.2 Å². The van der Waals surface area contributed by atoms with E-state index in [0.717, 1.165) is 17.9 Å². The molecule has 0 bridgehead atoms. The van der Waals surface area contributed by atoms with Gasteiger partial charge in [0.05, 0.1) is 13.2 Å². The van der Waals surface area contributed by atoms with Crippen LogP contribution in [0.25, 0.3) is 0 Å². The van der Waals surface area contributed by atoms with E-state index in [0.29, 0.717) is 23.7 Å². The van der Waals surface area contributed by atoms with E-state index in [1.54, 1.807) is 24.3 Å². The molecular weight excluding hydrogens is 308 g/mol. The van der Waals surface area contributed by atoms with Gasteiger partial charge in [-0.25, -0.2) is 9.59 Å². The van der Waals surface area contributed by atoms with Crippen LogP contribution >= 0.6 is 11.6 Å². The molecule has 2 amide bonds. The van der Waals surface area contributed by atoms with Crippen molar-refractivity contribution in [2.75, 3.05) is 18.5 Å². The van der Waals surface area contributed by atoms with Crippen molar-refractivity contribution in [3.63, 3.8) is 0 Å². The van der Waals surface area contributed by atoms with E-state index >= 15 is 0 Å². The number of carbonyl (C=O) groups excluding carboxylic acids is 2. The Kier molecular flexibility index (Phi) is 8.14. The summed E-state index contributed by atoms with van der Waals surface area (Å²) in [6.07, 6.45) is 0.892. The molecule has 0 fully saturated rings. The Hall–Kier alpha value is -1.95. The van der Waals surface area contributed by atoms with Gasteiger partial charge in [0.15, 0.2) is 0 Å². The van der Waals surface area contributed by atoms with Crippen molar-refractivity contribution in [1.82, 2.24) is 5.06 Å². The Bertz CT molecular complexity index is 479. The molecule has 1 aromatic rings. The van der Waals surface area contributed by atoms with Gasteiger partial charge < -0.3 is 9.57 Å². The molecule has 22 heavy (non-hydrogen) atoms. The van der Waals surface area contributed by atoms with Gasteiger partial charge in [0.25, 0.3) is 0 Å². The summed E-state index contributed by atoms with van der Waals surface area (Å²) in [6, 6.07) is 6.54. The number of hydrogen-bond donors (Lipinski definition) is 1. The first kappa shape index (κ1) is 18.1. The standard InChI is InChI=1S/C15H21ClN2O4/c1-3-5-11-21-15(20)18(10-4-2)22-14(19)17-13-8-6-12(16)7-9-13/h6-9H,3-5,10-11H2,1-2H3,(H,17,19). The lowest BCUT2D eigenvalue weighted by molar-refractivity contribution is -0.0783. The molecule has 0 saturated carbocycles. The predicted octanol–water partition coefficient (Wildman–Crippen LogP) is 4.45. The lowest BCUT2D eigenvalue weighted by Gasteiger charge is -2.20. The van der Waals surface area contributed by atoms with Crippen LogP contribution in [-0.2, 0) is 9.57 Å². The zero-order valence-corrected chi connectivity index (χ0v) is 13.6. The molecule has 1 N–H and O–H groups in total. The maximum atomic E-state index is 11.8. The van der Waals surface area contributed by atoms with E-state index in [1.165, 1.54) is 0 Å². The molecule has 1 rings (SSSR count). The van der Waals surface area contributed by atoms with Crippen molar-refractivity contribution in [3.05, 3.63) is 29.3 Å². The highest BCUT2D eigenvalue weighted by Gasteiger charge is 2.19. The topological polar surface area (TPSA) is 67.9 Å². The summed E-state index contributed by atoms with van der Waals surface area (Å²) < 4.78 is 5.03. The summed E-state index contributed by atoms with van der Waals surface area (Å²) >= 11 is 5.76. The molecule has 0 saturated heterocycles. The average molecular weight is 329 g/mol. The van der Waals surface area contributed by atoms with Gasteiger partial charge >= 0.3 is 12.2 Å². The zero-order valence-electron chi connectivity index (χ0n) is 12.8. The number of nitrogens with zero attached hydrogens (tertiary/aromatic N) is 1. The molecule has 1 aromatic carbocycles. The van der Waals surface area contributed by atoms with Crippen LogP contribution in [0.4, 0.5) is 15.3 Å². The molecule has 122 valence electrons. The fourth-order valence-electron chi connectivity index (χ4n) is 1.53. The third-order valence-electron chi connectivity index (χ3n) is 2.64. The Morgan fingerprint density at radius 1 is 1.18 bits per heavy atom. The number of nitrogens with one attached hydrogen (secondary N) is 1. The van der Waals surface area contributed by atoms with Crippen molar-refractivity contribution in [3.8, 4) is 0 Å². The summed E-state index contributed by atoms with van der Waals surface area (Å²) in [4.78, 5) is 28.6. The first-order chi connectivity index (χ1) is 10.6. The minimum Gasteiger partial charge on any atom is -0.447 e. The van der Waals surface area contributed by atoms with E-state index < -0.39 is 12.2 Å². The number of carbonyl (C=O) groups is 2. The van der Waals surface area contributed by atoms with Crippen molar-refractivity contribution in [1.29, 1.82) is 0 Å². The first-order valence-electron chi connectivity index (χ1n) is 7.25. The molecule has 0 aliphatic rings. The highest BCUT2D eigenvalue weighted by Crippen LogP contribution is 2.13. The zero-order chi connectivity index (χ0) is 16.4. The van der Waals surface area contributed by atoms with Crippen LogP contribution in [0.5, 0.6) is 0 Å². The molecule has 0 aliphatic heterocycles. The molecule has 0 heterocycles. The van der Waals surface area contributed by atoms with E-state index in [2.05, 4.69) is 5.32 Å². The molecule has 6 nitrogen and oxygen atoms in total. The lowest BCUT2D eigenvalue weighted by atomic mass is 10.3. The van der Waals surface area contributed by atoms with Gasteiger partial charge in [-0.05, 0) is 37.1 Å². The molecule has 0 spiro atoms. The number of amides is 2. The molecule has 0 aromatic heterocycles. The van der Waals surface area contributed by atoms with Gasteiger partial charge in [-0.2, -0.15) is 0 Å². The minimum absolute atomic E-state index is 0.263. The number of ether oxygens (including phenoxy) is 1. The number of anilines is 1. The summed E-state index contributed by atoms with van der Waals surface area (Å²) in [7, 11) is 0. The van der Waals surface area contributed by atoms with E-state index in [4.69, 9.17) is 21.2 Å². The number of benzene rings is 1. The quantitative estimate of drug-likeness (QED) is 0.618. The van der Waals surface area contributed by atoms with Crippen LogP contribution in [-0.4, -0.2) is 30.4 Å². The normalized spacial score (nSPS) is 9.95. The first-order valence-corrected chi connectivity index (χ1v) is 7.63. The number of halogens is 1. The Balaban J connectivity index is 2.52. The summed E-state index contributed by atoms with van der Waals surface area (Å²) in [5.41, 5.74) is 0.519. The van der Waals surface area contributed by atoms with Crippen LogP contribution < -0.4 is 5.32 Å². The van der Waals surface area contributed by atoms with Crippen LogP contribution in [0.1, 0.15) is 33.1 Å². The van der Waals surface area contributed by atoms with Gasteiger partial charge in [0.2, 0.25) is 0 Å². The fraction of sp³-hybridized carbons (Fsp3) is 0.467. The lowest BCUT2D eigenvalue weighted by Crippen LogP contribution is -2.36. The van der Waals surface area contributed by atoms with Gasteiger partial charge in [0.1, 0.15) is 0 Å². The maximum Gasteiger partial charge on any atom is 0.443 e. The second-order valence-electron chi connectivity index (χ2n) is 4.58. The minimum atomic E-state index is -0.761. The highest BCUT2D eigenvalue weighted by molar-refractivity contribution is 6.30. The predicted molar refractivity (Wildman–Crippen MR) is 84.8 cm³/mol. The number of hydroxylamine groups is 2. The van der Waals surface area contributed by atoms with Gasteiger partial charge in [-0.1, -0.05) is 31.9 Å². The highest BCUT2D eigenvalue weighted by atomic mass is 35.5. The van der Waals surface area contributed by atoms with Crippen LogP contribution in [0.15, 0.2) is 24.3 Å². The third kappa shape index (κ3) is 6.67. The monoisotopic (exact) mass is 328 g/mol. The second-order valence-corrected chi connectivity index (χ2v) is 5.02. The van der Waals surface area contributed by atoms with E-state index in [1.807, 2.05) is 13.8 Å². The van der Waals surface area contributed by atoms with Crippen molar-refractivity contribution in [2.45, 2.75) is 33.1 Å². The van der Waals surface area contributed by atoms with Crippen molar-refractivity contribution >= 4 is 29.5 Å². The Morgan fingerprint density at radius 3 is 2.45 bits per heavy atom. The second kappa shape index (κ2) is 9.89. The Morgan fingerprint density at radius 2 is 1.86 bits per heavy atom. The summed E-state index contributed by atoms with van der Waals surface area (Å²) in [6.45, 7) is 4.43. The largest absolute Gasteiger partial charge is 0.447 e. The smallest absolute Gasteiger partial charge is 0.443 e. The molecule has 0 aliphatic carbocycles. The SMILES string of the molecule is CCCCOC(=O)N(CCC)OC(=O)Nc1ccc(Cl)cc1. The van der Waals surface area contributed by atoms with Crippen LogP contribution in [0, 0.1) is 0 Å². The molecule has 7 heteroatoms.